The Balaban J connectivity index is 1.51. The van der Waals surface area contributed by atoms with Crippen LogP contribution in [0.2, 0.25) is 0 Å². The molecule has 0 bridgehead atoms. The summed E-state index contributed by atoms with van der Waals surface area (Å²) in [6.07, 6.45) is 0.744. The first-order valence-corrected chi connectivity index (χ1v) is 10.0. The first-order valence-electron chi connectivity index (χ1n) is 9.07. The summed E-state index contributed by atoms with van der Waals surface area (Å²) in [5.41, 5.74) is 3.41. The Hall–Kier alpha value is -2.47. The third-order valence-corrected chi connectivity index (χ3v) is 5.14. The number of rotatable bonds is 6. The Kier molecular flexibility index (Phi) is 5.75. The van der Waals surface area contributed by atoms with Crippen LogP contribution in [0.3, 0.4) is 0 Å². The summed E-state index contributed by atoms with van der Waals surface area (Å²) in [6.45, 7) is 8.56. The van der Waals surface area contributed by atoms with Crippen molar-refractivity contribution in [2.45, 2.75) is 52.0 Å². The summed E-state index contributed by atoms with van der Waals surface area (Å²) < 4.78 is 5.62. The number of benzene rings is 1. The molecular weight excluding hydrogens is 358 g/mol. The normalized spacial score (nSPS) is 12.7. The van der Waals surface area contributed by atoms with Crippen LogP contribution in [0.1, 0.15) is 57.2 Å². The molecule has 6 heteroatoms. The second kappa shape index (κ2) is 8.05. The van der Waals surface area contributed by atoms with E-state index in [-0.39, 0.29) is 17.4 Å². The largest absolute Gasteiger partial charge is 0.421 e. The van der Waals surface area contributed by atoms with Gasteiger partial charge in [0.2, 0.25) is 17.7 Å². The van der Waals surface area contributed by atoms with E-state index in [0.29, 0.717) is 24.6 Å². The van der Waals surface area contributed by atoms with Crippen molar-refractivity contribution in [1.82, 2.24) is 15.5 Å². The van der Waals surface area contributed by atoms with Crippen molar-refractivity contribution < 1.29 is 9.21 Å². The molecule has 0 saturated heterocycles. The molecule has 1 amide bonds. The molecule has 0 aliphatic carbocycles. The molecule has 27 heavy (non-hydrogen) atoms. The van der Waals surface area contributed by atoms with E-state index in [1.165, 1.54) is 5.56 Å². The van der Waals surface area contributed by atoms with Crippen molar-refractivity contribution >= 4 is 17.2 Å². The van der Waals surface area contributed by atoms with E-state index < -0.39 is 0 Å². The fourth-order valence-corrected chi connectivity index (χ4v) is 3.38. The lowest BCUT2D eigenvalue weighted by Gasteiger charge is -2.20. The molecule has 5 nitrogen and oxygen atoms in total. The Morgan fingerprint density at radius 2 is 1.93 bits per heavy atom. The van der Waals surface area contributed by atoms with Gasteiger partial charge in [0.1, 0.15) is 0 Å². The number of amides is 1. The molecular formula is C21H25N3O2S. The van der Waals surface area contributed by atoms with Gasteiger partial charge in [-0.3, -0.25) is 4.79 Å². The number of hydrogen-bond donors (Lipinski definition) is 1. The molecule has 2 aromatic heterocycles. The Labute approximate surface area is 163 Å². The molecule has 0 saturated carbocycles. The zero-order valence-electron chi connectivity index (χ0n) is 16.2. The van der Waals surface area contributed by atoms with Crippen LogP contribution in [0.5, 0.6) is 0 Å². The van der Waals surface area contributed by atoms with Crippen molar-refractivity contribution in [2.75, 3.05) is 0 Å². The molecule has 142 valence electrons. The van der Waals surface area contributed by atoms with Crippen LogP contribution < -0.4 is 5.32 Å². The van der Waals surface area contributed by atoms with Crippen molar-refractivity contribution in [3.8, 4) is 11.5 Å². The second-order valence-corrected chi connectivity index (χ2v) is 8.45. The van der Waals surface area contributed by atoms with E-state index in [0.717, 1.165) is 11.1 Å². The maximum absolute atomic E-state index is 12.3. The Morgan fingerprint density at radius 1 is 1.19 bits per heavy atom. The van der Waals surface area contributed by atoms with Crippen LogP contribution in [0, 0.1) is 0 Å². The highest BCUT2D eigenvalue weighted by Crippen LogP contribution is 2.24. The van der Waals surface area contributed by atoms with E-state index in [1.807, 2.05) is 23.8 Å². The quantitative estimate of drug-likeness (QED) is 0.657. The first-order chi connectivity index (χ1) is 12.8. The number of hydrogen-bond acceptors (Lipinski definition) is 5. The fraction of sp³-hybridized carbons (Fsp3) is 0.381. The van der Waals surface area contributed by atoms with E-state index in [1.54, 1.807) is 11.3 Å². The van der Waals surface area contributed by atoms with Gasteiger partial charge in [-0.25, -0.2) is 0 Å². The highest BCUT2D eigenvalue weighted by atomic mass is 32.1. The Morgan fingerprint density at radius 3 is 2.56 bits per heavy atom. The third kappa shape index (κ3) is 5.04. The van der Waals surface area contributed by atoms with Gasteiger partial charge >= 0.3 is 0 Å². The van der Waals surface area contributed by atoms with Crippen molar-refractivity contribution in [3.63, 3.8) is 0 Å². The van der Waals surface area contributed by atoms with Gasteiger partial charge in [-0.1, -0.05) is 45.0 Å². The number of aryl methyl sites for hydroxylation is 1. The number of carbonyl (C=O) groups excluding carboxylic acids is 1. The number of thiophene rings is 1. The molecule has 1 N–H and O–H groups in total. The zero-order chi connectivity index (χ0) is 19.4. The van der Waals surface area contributed by atoms with Crippen molar-refractivity contribution in [1.29, 1.82) is 0 Å². The van der Waals surface area contributed by atoms with Gasteiger partial charge in [0.25, 0.3) is 0 Å². The molecule has 3 aromatic rings. The van der Waals surface area contributed by atoms with E-state index >= 15 is 0 Å². The number of nitrogens with zero attached hydrogens (tertiary/aromatic N) is 2. The molecule has 1 aromatic carbocycles. The minimum absolute atomic E-state index is 0.0299. The monoisotopic (exact) mass is 383 g/mol. The SMILES string of the molecule is CC(NC(=O)CCc1nnc(-c2ccsc2)o1)c1ccc(C(C)(C)C)cc1. The summed E-state index contributed by atoms with van der Waals surface area (Å²) >= 11 is 1.58. The molecule has 0 spiro atoms. The van der Waals surface area contributed by atoms with Gasteiger partial charge in [-0.2, -0.15) is 11.3 Å². The molecule has 2 heterocycles. The number of carbonyl (C=O) groups is 1. The fourth-order valence-electron chi connectivity index (χ4n) is 2.75. The van der Waals surface area contributed by atoms with Gasteiger partial charge in [-0.15, -0.1) is 10.2 Å². The van der Waals surface area contributed by atoms with Crippen molar-refractivity contribution in [2.24, 2.45) is 0 Å². The highest BCUT2D eigenvalue weighted by molar-refractivity contribution is 7.08. The van der Waals surface area contributed by atoms with Crippen LogP contribution in [-0.4, -0.2) is 16.1 Å². The summed E-state index contributed by atoms with van der Waals surface area (Å²) in [4.78, 5) is 12.3. The standard InChI is InChI=1S/C21H25N3O2S/c1-14(15-5-7-17(8-6-15)21(2,3)4)22-18(25)9-10-19-23-24-20(26-19)16-11-12-27-13-16/h5-8,11-14H,9-10H2,1-4H3,(H,22,25). The molecule has 0 radical (unpaired) electrons. The highest BCUT2D eigenvalue weighted by Gasteiger charge is 2.16. The summed E-state index contributed by atoms with van der Waals surface area (Å²) in [5.74, 6) is 0.949. The predicted molar refractivity (Wildman–Crippen MR) is 108 cm³/mol. The lowest BCUT2D eigenvalue weighted by molar-refractivity contribution is -0.121. The minimum atomic E-state index is -0.0458. The van der Waals surface area contributed by atoms with Gasteiger partial charge in [0.15, 0.2) is 0 Å². The molecule has 1 unspecified atom stereocenters. The molecule has 0 fully saturated rings. The van der Waals surface area contributed by atoms with Crippen molar-refractivity contribution in [3.05, 3.63) is 58.1 Å². The second-order valence-electron chi connectivity index (χ2n) is 7.67. The van der Waals surface area contributed by atoms with E-state index in [9.17, 15) is 4.79 Å². The zero-order valence-corrected chi connectivity index (χ0v) is 17.0. The van der Waals surface area contributed by atoms with E-state index in [2.05, 4.69) is 60.6 Å². The first kappa shape index (κ1) is 19.3. The Bertz CT molecular complexity index is 877. The van der Waals surface area contributed by atoms with Gasteiger partial charge in [-0.05, 0) is 34.9 Å². The van der Waals surface area contributed by atoms with Crippen LogP contribution in [-0.2, 0) is 16.6 Å². The maximum Gasteiger partial charge on any atom is 0.248 e. The van der Waals surface area contributed by atoms with Gasteiger partial charge < -0.3 is 9.73 Å². The third-order valence-electron chi connectivity index (χ3n) is 4.46. The molecule has 3 rings (SSSR count). The summed E-state index contributed by atoms with van der Waals surface area (Å²) in [7, 11) is 0. The van der Waals surface area contributed by atoms with Crippen LogP contribution in [0.4, 0.5) is 0 Å². The summed E-state index contributed by atoms with van der Waals surface area (Å²) in [5, 5.41) is 15.0. The smallest absolute Gasteiger partial charge is 0.248 e. The van der Waals surface area contributed by atoms with Crippen LogP contribution in [0.25, 0.3) is 11.5 Å². The van der Waals surface area contributed by atoms with Crippen LogP contribution >= 0.6 is 11.3 Å². The molecule has 1 atom stereocenters. The van der Waals surface area contributed by atoms with Gasteiger partial charge in [0, 0.05) is 23.8 Å². The topological polar surface area (TPSA) is 68.0 Å². The molecule has 0 aliphatic rings. The molecule has 0 aliphatic heterocycles. The average Bonchev–Trinajstić information content (AvgIpc) is 3.30. The number of aromatic nitrogens is 2. The minimum Gasteiger partial charge on any atom is -0.421 e. The lowest BCUT2D eigenvalue weighted by Crippen LogP contribution is -2.27. The number of nitrogens with one attached hydrogen (secondary N) is 1. The maximum atomic E-state index is 12.3. The van der Waals surface area contributed by atoms with Gasteiger partial charge in [0.05, 0.1) is 6.04 Å². The lowest BCUT2D eigenvalue weighted by atomic mass is 9.86. The summed E-state index contributed by atoms with van der Waals surface area (Å²) in [6, 6.07) is 10.3. The average molecular weight is 384 g/mol. The predicted octanol–water partition coefficient (Wildman–Crippen LogP) is 4.91. The van der Waals surface area contributed by atoms with Crippen LogP contribution in [0.15, 0.2) is 45.5 Å². The van der Waals surface area contributed by atoms with E-state index in [4.69, 9.17) is 4.42 Å².